The molecule has 0 saturated carbocycles. The van der Waals surface area contributed by atoms with Crippen molar-refractivity contribution in [2.45, 2.75) is 6.42 Å². The quantitative estimate of drug-likeness (QED) is 0.943. The van der Waals surface area contributed by atoms with E-state index < -0.39 is 0 Å². The smallest absolute Gasteiger partial charge is 0.140 e. The SMILES string of the molecule is Cn1ccc(CCNc2ncc(Cl)cc2Br)n1. The van der Waals surface area contributed by atoms with E-state index >= 15 is 0 Å². The Balaban J connectivity index is 1.90. The molecule has 0 aromatic carbocycles. The number of pyridine rings is 1. The van der Waals surface area contributed by atoms with Crippen molar-refractivity contribution in [2.75, 3.05) is 11.9 Å². The summed E-state index contributed by atoms with van der Waals surface area (Å²) in [5.41, 5.74) is 1.06. The lowest BCUT2D eigenvalue weighted by atomic mass is 10.3. The first-order chi connectivity index (χ1) is 8.15. The Hall–Kier alpha value is -1.07. The van der Waals surface area contributed by atoms with E-state index in [0.717, 1.165) is 29.0 Å². The summed E-state index contributed by atoms with van der Waals surface area (Å²) >= 11 is 9.23. The van der Waals surface area contributed by atoms with Crippen LogP contribution in [0.15, 0.2) is 29.0 Å². The van der Waals surface area contributed by atoms with Gasteiger partial charge in [0.1, 0.15) is 5.82 Å². The number of hydrogen-bond donors (Lipinski definition) is 1. The lowest BCUT2D eigenvalue weighted by Gasteiger charge is -2.06. The Morgan fingerprint density at radius 1 is 1.53 bits per heavy atom. The van der Waals surface area contributed by atoms with Crippen molar-refractivity contribution in [1.82, 2.24) is 14.8 Å². The molecule has 0 aliphatic carbocycles. The van der Waals surface area contributed by atoms with Crippen molar-refractivity contribution in [3.63, 3.8) is 0 Å². The molecule has 0 spiro atoms. The maximum atomic E-state index is 5.82. The molecule has 0 aliphatic heterocycles. The topological polar surface area (TPSA) is 42.7 Å². The Morgan fingerprint density at radius 2 is 2.35 bits per heavy atom. The van der Waals surface area contributed by atoms with Crippen molar-refractivity contribution >= 4 is 33.3 Å². The van der Waals surface area contributed by atoms with Crippen molar-refractivity contribution < 1.29 is 0 Å². The molecule has 0 amide bonds. The fraction of sp³-hybridized carbons (Fsp3) is 0.273. The summed E-state index contributed by atoms with van der Waals surface area (Å²) in [6.45, 7) is 0.782. The summed E-state index contributed by atoms with van der Waals surface area (Å²) in [7, 11) is 1.91. The van der Waals surface area contributed by atoms with Crippen LogP contribution in [-0.4, -0.2) is 21.3 Å². The maximum absolute atomic E-state index is 5.82. The van der Waals surface area contributed by atoms with Crippen molar-refractivity contribution in [3.8, 4) is 0 Å². The summed E-state index contributed by atoms with van der Waals surface area (Å²) < 4.78 is 2.66. The van der Waals surface area contributed by atoms with E-state index in [1.54, 1.807) is 10.9 Å². The monoisotopic (exact) mass is 314 g/mol. The Labute approximate surface area is 113 Å². The van der Waals surface area contributed by atoms with Gasteiger partial charge in [-0.05, 0) is 28.1 Å². The van der Waals surface area contributed by atoms with E-state index in [-0.39, 0.29) is 0 Å². The molecule has 2 heterocycles. The largest absolute Gasteiger partial charge is 0.369 e. The Kier molecular flexibility index (Phi) is 4.02. The maximum Gasteiger partial charge on any atom is 0.140 e. The zero-order valence-electron chi connectivity index (χ0n) is 9.32. The molecular formula is C11H12BrClN4. The highest BCUT2D eigenvalue weighted by atomic mass is 79.9. The van der Waals surface area contributed by atoms with Gasteiger partial charge in [0.05, 0.1) is 15.2 Å². The fourth-order valence-corrected chi connectivity index (χ4v) is 2.23. The van der Waals surface area contributed by atoms with Gasteiger partial charge in [-0.1, -0.05) is 11.6 Å². The van der Waals surface area contributed by atoms with Crippen LogP contribution in [0.3, 0.4) is 0 Å². The second kappa shape index (κ2) is 5.51. The number of nitrogens with one attached hydrogen (secondary N) is 1. The van der Waals surface area contributed by atoms with Crippen LogP contribution in [0.2, 0.25) is 5.02 Å². The molecule has 0 saturated heterocycles. The molecule has 6 heteroatoms. The first-order valence-corrected chi connectivity index (χ1v) is 6.35. The van der Waals surface area contributed by atoms with Crippen LogP contribution in [0.1, 0.15) is 5.69 Å². The molecule has 4 nitrogen and oxygen atoms in total. The van der Waals surface area contributed by atoms with Crippen LogP contribution in [0.25, 0.3) is 0 Å². The van der Waals surface area contributed by atoms with Gasteiger partial charge in [-0.3, -0.25) is 4.68 Å². The van der Waals surface area contributed by atoms with E-state index in [1.165, 1.54) is 0 Å². The highest BCUT2D eigenvalue weighted by Crippen LogP contribution is 2.22. The van der Waals surface area contributed by atoms with Crippen LogP contribution in [-0.2, 0) is 13.5 Å². The minimum absolute atomic E-state index is 0.618. The number of aryl methyl sites for hydroxylation is 1. The summed E-state index contributed by atoms with van der Waals surface area (Å²) in [5, 5.41) is 8.15. The molecule has 0 unspecified atom stereocenters. The number of anilines is 1. The third-order valence-corrected chi connectivity index (χ3v) is 3.06. The van der Waals surface area contributed by atoms with Gasteiger partial charge in [0.15, 0.2) is 0 Å². The van der Waals surface area contributed by atoms with E-state index in [1.807, 2.05) is 25.4 Å². The highest BCUT2D eigenvalue weighted by Gasteiger charge is 2.02. The minimum Gasteiger partial charge on any atom is -0.369 e. The molecule has 0 atom stereocenters. The molecular weight excluding hydrogens is 304 g/mol. The number of halogens is 2. The van der Waals surface area contributed by atoms with Crippen LogP contribution in [0, 0.1) is 0 Å². The van der Waals surface area contributed by atoms with E-state index in [4.69, 9.17) is 11.6 Å². The van der Waals surface area contributed by atoms with Crippen LogP contribution in [0.4, 0.5) is 5.82 Å². The zero-order valence-corrected chi connectivity index (χ0v) is 11.7. The van der Waals surface area contributed by atoms with Gasteiger partial charge in [-0.15, -0.1) is 0 Å². The predicted molar refractivity (Wildman–Crippen MR) is 72.3 cm³/mol. The van der Waals surface area contributed by atoms with Gasteiger partial charge in [-0.2, -0.15) is 5.10 Å². The molecule has 0 radical (unpaired) electrons. The van der Waals surface area contributed by atoms with Gasteiger partial charge >= 0.3 is 0 Å². The molecule has 2 aromatic rings. The fourth-order valence-electron chi connectivity index (χ4n) is 1.45. The van der Waals surface area contributed by atoms with Gasteiger partial charge < -0.3 is 5.32 Å². The summed E-state index contributed by atoms with van der Waals surface area (Å²) in [5.74, 6) is 0.797. The standard InChI is InChI=1S/C11H12BrClN4/c1-17-5-3-9(16-17)2-4-14-11-10(12)6-8(13)7-15-11/h3,5-7H,2,4H2,1H3,(H,14,15). The molecule has 1 N–H and O–H groups in total. The summed E-state index contributed by atoms with van der Waals surface area (Å²) in [4.78, 5) is 4.20. The molecule has 0 bridgehead atoms. The molecule has 90 valence electrons. The van der Waals surface area contributed by atoms with E-state index in [0.29, 0.717) is 5.02 Å². The first kappa shape index (κ1) is 12.4. The highest BCUT2D eigenvalue weighted by molar-refractivity contribution is 9.10. The van der Waals surface area contributed by atoms with Crippen molar-refractivity contribution in [1.29, 1.82) is 0 Å². The van der Waals surface area contributed by atoms with E-state index in [2.05, 4.69) is 31.3 Å². The predicted octanol–water partition coefficient (Wildman–Crippen LogP) is 2.89. The zero-order chi connectivity index (χ0) is 12.3. The van der Waals surface area contributed by atoms with Gasteiger partial charge in [0.2, 0.25) is 0 Å². The van der Waals surface area contributed by atoms with Gasteiger partial charge in [0, 0.05) is 32.4 Å². The number of nitrogens with zero attached hydrogens (tertiary/aromatic N) is 3. The Bertz CT molecular complexity index is 512. The number of rotatable bonds is 4. The molecule has 2 rings (SSSR count). The summed E-state index contributed by atoms with van der Waals surface area (Å²) in [6.07, 6.45) is 4.42. The van der Waals surface area contributed by atoms with E-state index in [9.17, 15) is 0 Å². The number of hydrogen-bond acceptors (Lipinski definition) is 3. The second-order valence-corrected chi connectivity index (χ2v) is 4.93. The van der Waals surface area contributed by atoms with Crippen LogP contribution >= 0.6 is 27.5 Å². The third kappa shape index (κ3) is 3.44. The molecule has 0 fully saturated rings. The molecule has 17 heavy (non-hydrogen) atoms. The lowest BCUT2D eigenvalue weighted by molar-refractivity contribution is 0.742. The van der Waals surface area contributed by atoms with Gasteiger partial charge in [0.25, 0.3) is 0 Å². The average Bonchev–Trinajstić information content (AvgIpc) is 2.68. The average molecular weight is 316 g/mol. The summed E-state index contributed by atoms with van der Waals surface area (Å²) in [6, 6.07) is 3.82. The van der Waals surface area contributed by atoms with Gasteiger partial charge in [-0.25, -0.2) is 4.98 Å². The van der Waals surface area contributed by atoms with Crippen molar-refractivity contribution in [3.05, 3.63) is 39.7 Å². The van der Waals surface area contributed by atoms with Crippen LogP contribution < -0.4 is 5.32 Å². The lowest BCUT2D eigenvalue weighted by Crippen LogP contribution is -2.07. The van der Waals surface area contributed by atoms with Crippen molar-refractivity contribution in [2.24, 2.45) is 7.05 Å². The molecule has 0 aliphatic rings. The third-order valence-electron chi connectivity index (χ3n) is 2.25. The molecule has 2 aromatic heterocycles. The second-order valence-electron chi connectivity index (χ2n) is 3.64. The number of aromatic nitrogens is 3. The first-order valence-electron chi connectivity index (χ1n) is 5.18. The van der Waals surface area contributed by atoms with Crippen LogP contribution in [0.5, 0.6) is 0 Å². The minimum atomic E-state index is 0.618. The Morgan fingerprint density at radius 3 is 3.00 bits per heavy atom. The normalized spacial score (nSPS) is 10.5.